The first-order valence-electron chi connectivity index (χ1n) is 6.50. The quantitative estimate of drug-likeness (QED) is 0.879. The molecule has 20 heavy (non-hydrogen) atoms. The van der Waals surface area contributed by atoms with E-state index in [-0.39, 0.29) is 23.7 Å². The van der Waals surface area contributed by atoms with Gasteiger partial charge in [-0.05, 0) is 12.0 Å². The summed E-state index contributed by atoms with van der Waals surface area (Å²) in [6.45, 7) is 0. The van der Waals surface area contributed by atoms with Crippen molar-refractivity contribution in [2.75, 3.05) is 0 Å². The number of nitrogens with one attached hydrogen (secondary N) is 1. The van der Waals surface area contributed by atoms with Gasteiger partial charge in [0.25, 0.3) is 0 Å². The summed E-state index contributed by atoms with van der Waals surface area (Å²) in [4.78, 5) is 28.1. The maximum absolute atomic E-state index is 12.2. The van der Waals surface area contributed by atoms with Crippen LogP contribution in [0.2, 0.25) is 0 Å². The maximum atomic E-state index is 12.2. The Hall–Kier alpha value is -2.01. The summed E-state index contributed by atoms with van der Waals surface area (Å²) >= 11 is 1.49. The largest absolute Gasteiger partial charge is 0.296 e. The number of piperidine rings is 1. The molecule has 1 saturated heterocycles. The summed E-state index contributed by atoms with van der Waals surface area (Å²) in [6, 6.07) is 9.87. The molecular formula is C15H14N2O2S. The molecule has 2 atom stereocenters. The predicted molar refractivity (Wildman–Crippen MR) is 76.3 cm³/mol. The molecule has 1 fully saturated rings. The topological polar surface area (TPSA) is 59.1 Å². The maximum Gasteiger partial charge on any atom is 0.230 e. The number of amides is 2. The second kappa shape index (κ2) is 5.54. The zero-order valence-electron chi connectivity index (χ0n) is 10.8. The number of rotatable bonds is 3. The van der Waals surface area contributed by atoms with Crippen molar-refractivity contribution in [2.24, 2.45) is 5.92 Å². The summed E-state index contributed by atoms with van der Waals surface area (Å²) in [5.74, 6) is -0.764. The number of hydrogen-bond donors (Lipinski definition) is 1. The van der Waals surface area contributed by atoms with Crippen molar-refractivity contribution in [3.05, 3.63) is 52.5 Å². The molecule has 0 spiro atoms. The van der Waals surface area contributed by atoms with Gasteiger partial charge in [0.05, 0.1) is 17.1 Å². The predicted octanol–water partition coefficient (Wildman–Crippen LogP) is 2.13. The molecule has 0 saturated carbocycles. The van der Waals surface area contributed by atoms with Gasteiger partial charge in [0.1, 0.15) is 0 Å². The summed E-state index contributed by atoms with van der Waals surface area (Å²) in [7, 11) is 0. The van der Waals surface area contributed by atoms with Crippen molar-refractivity contribution in [1.29, 1.82) is 0 Å². The number of nitrogens with zero attached hydrogens (tertiary/aromatic N) is 1. The molecule has 5 heteroatoms. The number of hydrogen-bond acceptors (Lipinski definition) is 4. The Balaban J connectivity index is 1.88. The summed E-state index contributed by atoms with van der Waals surface area (Å²) in [5, 5.41) is 4.36. The van der Waals surface area contributed by atoms with Crippen LogP contribution in [0.25, 0.3) is 0 Å². The van der Waals surface area contributed by atoms with Crippen LogP contribution in [0.5, 0.6) is 0 Å². The third-order valence-corrected chi connectivity index (χ3v) is 4.22. The highest BCUT2D eigenvalue weighted by molar-refractivity contribution is 7.07. The average molecular weight is 286 g/mol. The van der Waals surface area contributed by atoms with Crippen LogP contribution in [0.15, 0.2) is 41.2 Å². The van der Waals surface area contributed by atoms with E-state index in [4.69, 9.17) is 0 Å². The molecule has 2 heterocycles. The van der Waals surface area contributed by atoms with Gasteiger partial charge in [-0.1, -0.05) is 30.3 Å². The Morgan fingerprint density at radius 1 is 1.25 bits per heavy atom. The normalized spacial score (nSPS) is 22.6. The third kappa shape index (κ3) is 2.63. The van der Waals surface area contributed by atoms with E-state index in [0.717, 1.165) is 11.3 Å². The molecule has 1 aromatic carbocycles. The molecule has 102 valence electrons. The van der Waals surface area contributed by atoms with Gasteiger partial charge in [-0.25, -0.2) is 4.98 Å². The first kappa shape index (κ1) is 13.0. The van der Waals surface area contributed by atoms with Gasteiger partial charge in [-0.3, -0.25) is 14.9 Å². The van der Waals surface area contributed by atoms with Crippen molar-refractivity contribution < 1.29 is 9.59 Å². The van der Waals surface area contributed by atoms with Crippen molar-refractivity contribution in [2.45, 2.75) is 18.8 Å². The summed E-state index contributed by atoms with van der Waals surface area (Å²) in [5.41, 5.74) is 3.69. The Morgan fingerprint density at radius 2 is 2.05 bits per heavy atom. The van der Waals surface area contributed by atoms with Crippen molar-refractivity contribution in [3.63, 3.8) is 0 Å². The molecule has 0 bridgehead atoms. The van der Waals surface area contributed by atoms with Crippen LogP contribution < -0.4 is 5.32 Å². The first-order valence-corrected chi connectivity index (χ1v) is 7.44. The van der Waals surface area contributed by atoms with Crippen LogP contribution in [0.4, 0.5) is 0 Å². The number of imide groups is 1. The standard InChI is InChI=1S/C15H14N2O2S/c18-14-7-11(13-8-20-9-16-13)12(15(19)17-14)6-10-4-2-1-3-5-10/h1-5,8-9,11-12H,6-7H2,(H,17,18,19). The van der Waals surface area contributed by atoms with Gasteiger partial charge >= 0.3 is 0 Å². The Kier molecular flexibility index (Phi) is 3.60. The van der Waals surface area contributed by atoms with Crippen LogP contribution in [0.3, 0.4) is 0 Å². The Labute approximate surface area is 120 Å². The van der Waals surface area contributed by atoms with Crippen molar-refractivity contribution in [3.8, 4) is 0 Å². The lowest BCUT2D eigenvalue weighted by Gasteiger charge is -2.29. The Morgan fingerprint density at radius 3 is 2.75 bits per heavy atom. The molecular weight excluding hydrogens is 272 g/mol. The zero-order chi connectivity index (χ0) is 13.9. The van der Waals surface area contributed by atoms with Gasteiger partial charge in [0.15, 0.2) is 0 Å². The van der Waals surface area contributed by atoms with E-state index in [1.54, 1.807) is 5.51 Å². The first-order chi connectivity index (χ1) is 9.74. The number of carbonyl (C=O) groups is 2. The van der Waals surface area contributed by atoms with Crippen LogP contribution >= 0.6 is 11.3 Å². The molecule has 2 amide bonds. The molecule has 4 nitrogen and oxygen atoms in total. The van der Waals surface area contributed by atoms with Gasteiger partial charge in [0, 0.05) is 17.7 Å². The summed E-state index contributed by atoms with van der Waals surface area (Å²) in [6.07, 6.45) is 0.953. The number of aromatic nitrogens is 1. The van der Waals surface area contributed by atoms with Crippen molar-refractivity contribution >= 4 is 23.2 Å². The Bertz CT molecular complexity index is 610. The molecule has 2 aromatic rings. The molecule has 1 N–H and O–H groups in total. The van der Waals surface area contributed by atoms with E-state index < -0.39 is 0 Å². The van der Waals surface area contributed by atoms with Crippen molar-refractivity contribution in [1.82, 2.24) is 10.3 Å². The number of benzene rings is 1. The minimum absolute atomic E-state index is 0.122. The van der Waals surface area contributed by atoms with Gasteiger partial charge < -0.3 is 0 Å². The smallest absolute Gasteiger partial charge is 0.230 e. The number of thiazole rings is 1. The fraction of sp³-hybridized carbons (Fsp3) is 0.267. The molecule has 0 radical (unpaired) electrons. The lowest BCUT2D eigenvalue weighted by molar-refractivity contribution is -0.137. The average Bonchev–Trinajstić information content (AvgIpc) is 2.96. The van der Waals surface area contributed by atoms with Crippen LogP contribution in [-0.2, 0) is 16.0 Å². The highest BCUT2D eigenvalue weighted by Crippen LogP contribution is 2.33. The van der Waals surface area contributed by atoms with E-state index in [1.807, 2.05) is 35.7 Å². The van der Waals surface area contributed by atoms with Crippen LogP contribution in [-0.4, -0.2) is 16.8 Å². The molecule has 2 unspecified atom stereocenters. The van der Waals surface area contributed by atoms with Crippen LogP contribution in [0, 0.1) is 5.92 Å². The molecule has 1 aliphatic heterocycles. The number of carbonyl (C=O) groups excluding carboxylic acids is 2. The SMILES string of the molecule is O=C1CC(c2cscn2)C(Cc2ccccc2)C(=O)N1. The summed E-state index contributed by atoms with van der Waals surface area (Å²) < 4.78 is 0. The third-order valence-electron chi connectivity index (χ3n) is 3.62. The second-order valence-corrected chi connectivity index (χ2v) is 5.65. The zero-order valence-corrected chi connectivity index (χ0v) is 11.6. The fourth-order valence-corrected chi connectivity index (χ4v) is 3.24. The van der Waals surface area contributed by atoms with E-state index in [0.29, 0.717) is 12.8 Å². The molecule has 1 aliphatic rings. The minimum atomic E-state index is -0.239. The minimum Gasteiger partial charge on any atom is -0.296 e. The van der Waals surface area contributed by atoms with E-state index in [1.165, 1.54) is 11.3 Å². The highest BCUT2D eigenvalue weighted by atomic mass is 32.1. The molecule has 0 aliphatic carbocycles. The van der Waals surface area contributed by atoms with E-state index in [2.05, 4.69) is 10.3 Å². The van der Waals surface area contributed by atoms with Gasteiger partial charge in [-0.2, -0.15) is 0 Å². The van der Waals surface area contributed by atoms with Crippen LogP contribution in [0.1, 0.15) is 23.6 Å². The van der Waals surface area contributed by atoms with Gasteiger partial charge in [-0.15, -0.1) is 11.3 Å². The van der Waals surface area contributed by atoms with Gasteiger partial charge in [0.2, 0.25) is 11.8 Å². The lowest BCUT2D eigenvalue weighted by atomic mass is 9.80. The van der Waals surface area contributed by atoms with E-state index in [9.17, 15) is 9.59 Å². The lowest BCUT2D eigenvalue weighted by Crippen LogP contribution is -2.45. The second-order valence-electron chi connectivity index (χ2n) is 4.93. The fourth-order valence-electron chi connectivity index (χ4n) is 2.62. The van der Waals surface area contributed by atoms with E-state index >= 15 is 0 Å². The molecule has 1 aromatic heterocycles. The molecule has 3 rings (SSSR count). The highest BCUT2D eigenvalue weighted by Gasteiger charge is 2.37. The monoisotopic (exact) mass is 286 g/mol.